The normalized spacial score (nSPS) is 39.9. The van der Waals surface area contributed by atoms with Crippen molar-refractivity contribution in [1.29, 1.82) is 0 Å². The molecule has 2 rings (SSSR count). The van der Waals surface area contributed by atoms with E-state index in [2.05, 4.69) is 13.8 Å². The highest BCUT2D eigenvalue weighted by Gasteiger charge is 2.52. The summed E-state index contributed by atoms with van der Waals surface area (Å²) in [5, 5.41) is 20.3. The van der Waals surface area contributed by atoms with E-state index in [0.29, 0.717) is 18.4 Å². The van der Waals surface area contributed by atoms with Gasteiger partial charge in [-0.2, -0.15) is 0 Å². The lowest BCUT2D eigenvalue weighted by Crippen LogP contribution is -2.43. The predicted octanol–water partition coefficient (Wildman–Crippen LogP) is 3.38. The van der Waals surface area contributed by atoms with Gasteiger partial charge in [-0.25, -0.2) is 0 Å². The summed E-state index contributed by atoms with van der Waals surface area (Å²) in [5.41, 5.74) is -0.460. The largest absolute Gasteiger partial charge is 0.393 e. The van der Waals surface area contributed by atoms with Gasteiger partial charge in [0, 0.05) is 5.92 Å². The van der Waals surface area contributed by atoms with Gasteiger partial charge in [-0.3, -0.25) is 0 Å². The molecule has 0 aromatic rings. The Kier molecular flexibility index (Phi) is 5.07. The minimum Gasteiger partial charge on any atom is -0.393 e. The van der Waals surface area contributed by atoms with Crippen molar-refractivity contribution < 1.29 is 14.9 Å². The zero-order valence-electron chi connectivity index (χ0n) is 14.4. The molecule has 2 saturated carbocycles. The number of rotatable bonds is 5. The van der Waals surface area contributed by atoms with Crippen LogP contribution in [0.3, 0.4) is 0 Å². The van der Waals surface area contributed by atoms with E-state index < -0.39 is 5.60 Å². The van der Waals surface area contributed by atoms with Gasteiger partial charge in [-0.15, -0.1) is 0 Å². The van der Waals surface area contributed by atoms with Crippen LogP contribution in [0.15, 0.2) is 0 Å². The SMILES string of the molecule is C[C@@H](OC[C@H](C)C(C)(C)O)C1CCC2C(O)CCCC21C. The Morgan fingerprint density at radius 2 is 1.90 bits per heavy atom. The number of aliphatic hydroxyl groups is 2. The maximum atomic E-state index is 10.3. The molecular formula is C18H34O3. The first-order chi connectivity index (χ1) is 9.66. The fourth-order valence-corrected chi connectivity index (χ4v) is 4.58. The molecule has 0 radical (unpaired) electrons. The molecule has 0 saturated heterocycles. The van der Waals surface area contributed by atoms with Gasteiger partial charge in [0.05, 0.1) is 24.4 Å². The average Bonchev–Trinajstić information content (AvgIpc) is 2.73. The van der Waals surface area contributed by atoms with Gasteiger partial charge in [-0.05, 0) is 63.7 Å². The van der Waals surface area contributed by atoms with E-state index in [0.717, 1.165) is 25.7 Å². The second-order valence-electron chi connectivity index (χ2n) is 8.35. The van der Waals surface area contributed by atoms with Crippen molar-refractivity contribution in [2.24, 2.45) is 23.2 Å². The van der Waals surface area contributed by atoms with Gasteiger partial charge >= 0.3 is 0 Å². The van der Waals surface area contributed by atoms with Crippen molar-refractivity contribution in [2.75, 3.05) is 6.61 Å². The van der Waals surface area contributed by atoms with E-state index in [4.69, 9.17) is 4.74 Å². The van der Waals surface area contributed by atoms with Crippen LogP contribution in [0.5, 0.6) is 0 Å². The maximum absolute atomic E-state index is 10.3. The van der Waals surface area contributed by atoms with Crippen LogP contribution < -0.4 is 0 Å². The van der Waals surface area contributed by atoms with E-state index in [1.165, 1.54) is 6.42 Å². The zero-order valence-corrected chi connectivity index (χ0v) is 14.4. The molecule has 0 amide bonds. The second-order valence-corrected chi connectivity index (χ2v) is 8.35. The third-order valence-electron chi connectivity index (χ3n) is 6.54. The molecule has 0 aliphatic heterocycles. The molecule has 2 fully saturated rings. The summed E-state index contributed by atoms with van der Waals surface area (Å²) < 4.78 is 6.12. The van der Waals surface area contributed by atoms with Crippen LogP contribution in [0.1, 0.15) is 66.7 Å². The lowest BCUT2D eigenvalue weighted by molar-refractivity contribution is -0.0877. The monoisotopic (exact) mass is 298 g/mol. The van der Waals surface area contributed by atoms with Crippen molar-refractivity contribution in [1.82, 2.24) is 0 Å². The number of ether oxygens (including phenoxy) is 1. The highest BCUT2D eigenvalue weighted by molar-refractivity contribution is 5.02. The van der Waals surface area contributed by atoms with E-state index >= 15 is 0 Å². The Morgan fingerprint density at radius 1 is 1.24 bits per heavy atom. The summed E-state index contributed by atoms with van der Waals surface area (Å²) in [7, 11) is 0. The number of aliphatic hydroxyl groups excluding tert-OH is 1. The first-order valence-corrected chi connectivity index (χ1v) is 8.68. The Morgan fingerprint density at radius 3 is 2.52 bits per heavy atom. The van der Waals surface area contributed by atoms with Crippen LogP contribution in [-0.2, 0) is 4.74 Å². The number of hydrogen-bond acceptors (Lipinski definition) is 3. The summed E-state index contributed by atoms with van der Waals surface area (Å²) >= 11 is 0. The maximum Gasteiger partial charge on any atom is 0.0639 e. The first-order valence-electron chi connectivity index (χ1n) is 8.68. The number of fused-ring (bicyclic) bond motifs is 1. The molecule has 21 heavy (non-hydrogen) atoms. The fourth-order valence-electron chi connectivity index (χ4n) is 4.58. The summed E-state index contributed by atoms with van der Waals surface area (Å²) in [6.45, 7) is 10.9. The van der Waals surface area contributed by atoms with Crippen LogP contribution in [0.25, 0.3) is 0 Å². The molecule has 2 aliphatic carbocycles. The number of hydrogen-bond donors (Lipinski definition) is 2. The molecule has 0 spiro atoms. The van der Waals surface area contributed by atoms with Crippen LogP contribution in [-0.4, -0.2) is 34.6 Å². The lowest BCUT2D eigenvalue weighted by atomic mass is 9.63. The quantitative estimate of drug-likeness (QED) is 0.818. The molecule has 0 bridgehead atoms. The third kappa shape index (κ3) is 3.46. The summed E-state index contributed by atoms with van der Waals surface area (Å²) in [6.07, 6.45) is 5.71. The Hall–Kier alpha value is -0.120. The van der Waals surface area contributed by atoms with Crippen molar-refractivity contribution >= 4 is 0 Å². The second kappa shape index (κ2) is 6.17. The third-order valence-corrected chi connectivity index (χ3v) is 6.54. The van der Waals surface area contributed by atoms with E-state index in [-0.39, 0.29) is 23.5 Å². The molecule has 0 aromatic heterocycles. The minimum absolute atomic E-state index is 0.115. The Labute approximate surface area is 130 Å². The van der Waals surface area contributed by atoms with E-state index in [9.17, 15) is 10.2 Å². The molecule has 124 valence electrons. The van der Waals surface area contributed by atoms with Crippen molar-refractivity contribution in [2.45, 2.75) is 84.5 Å². The Balaban J connectivity index is 1.95. The van der Waals surface area contributed by atoms with Crippen molar-refractivity contribution in [3.05, 3.63) is 0 Å². The molecule has 3 heteroatoms. The van der Waals surface area contributed by atoms with E-state index in [1.807, 2.05) is 20.8 Å². The van der Waals surface area contributed by atoms with Crippen LogP contribution in [0.2, 0.25) is 0 Å². The summed E-state index contributed by atoms with van der Waals surface area (Å²) in [5.74, 6) is 1.11. The molecule has 0 heterocycles. The standard InChI is InChI=1S/C18H34O3/c1-12(17(3,4)20)11-21-13(2)14-8-9-15-16(19)7-6-10-18(14,15)5/h12-16,19-20H,6-11H2,1-5H3/t12-,13+,14?,15?,16?,18?/m0/s1. The fraction of sp³-hybridized carbons (Fsp3) is 1.00. The van der Waals surface area contributed by atoms with Crippen LogP contribution in [0, 0.1) is 23.2 Å². The predicted molar refractivity (Wildman–Crippen MR) is 85.1 cm³/mol. The smallest absolute Gasteiger partial charge is 0.0639 e. The molecule has 2 aliphatic rings. The highest BCUT2D eigenvalue weighted by Crippen LogP contribution is 2.56. The van der Waals surface area contributed by atoms with Gasteiger partial charge in [0.1, 0.15) is 0 Å². The molecular weight excluding hydrogens is 264 g/mol. The highest BCUT2D eigenvalue weighted by atomic mass is 16.5. The first kappa shape index (κ1) is 17.2. The zero-order chi connectivity index (χ0) is 15.8. The van der Waals surface area contributed by atoms with Crippen molar-refractivity contribution in [3.8, 4) is 0 Å². The van der Waals surface area contributed by atoms with Gasteiger partial charge in [-0.1, -0.05) is 20.3 Å². The molecule has 0 aromatic carbocycles. The lowest BCUT2D eigenvalue weighted by Gasteiger charge is -2.45. The van der Waals surface area contributed by atoms with Crippen LogP contribution in [0.4, 0.5) is 0 Å². The van der Waals surface area contributed by atoms with Gasteiger partial charge in [0.2, 0.25) is 0 Å². The molecule has 6 atom stereocenters. The van der Waals surface area contributed by atoms with Crippen LogP contribution >= 0.6 is 0 Å². The van der Waals surface area contributed by atoms with E-state index in [1.54, 1.807) is 0 Å². The molecule has 3 nitrogen and oxygen atoms in total. The summed E-state index contributed by atoms with van der Waals surface area (Å²) in [6, 6.07) is 0. The average molecular weight is 298 g/mol. The minimum atomic E-state index is -0.692. The van der Waals surface area contributed by atoms with Gasteiger partial charge in [0.25, 0.3) is 0 Å². The Bertz CT molecular complexity index is 349. The van der Waals surface area contributed by atoms with Crippen molar-refractivity contribution in [3.63, 3.8) is 0 Å². The summed E-state index contributed by atoms with van der Waals surface area (Å²) in [4.78, 5) is 0. The molecule has 4 unspecified atom stereocenters. The topological polar surface area (TPSA) is 49.7 Å². The van der Waals surface area contributed by atoms with Gasteiger partial charge in [0.15, 0.2) is 0 Å². The molecule has 2 N–H and O–H groups in total. The van der Waals surface area contributed by atoms with Gasteiger partial charge < -0.3 is 14.9 Å².